The Labute approximate surface area is 145 Å². The highest BCUT2D eigenvalue weighted by Crippen LogP contribution is 2.54. The highest BCUT2D eigenvalue weighted by Gasteiger charge is 2.57. The molecule has 3 atom stereocenters. The van der Waals surface area contributed by atoms with Gasteiger partial charge in [0, 0.05) is 23.3 Å². The van der Waals surface area contributed by atoms with E-state index >= 15 is 0 Å². The van der Waals surface area contributed by atoms with E-state index in [0.29, 0.717) is 0 Å². The fraction of sp³-hybridized carbons (Fsp3) is 0.368. The highest BCUT2D eigenvalue weighted by atomic mass is 32.2. The van der Waals surface area contributed by atoms with Crippen LogP contribution in [0, 0.1) is 63.6 Å². The first kappa shape index (κ1) is 16.3. The predicted molar refractivity (Wildman–Crippen MR) is 93.3 cm³/mol. The van der Waals surface area contributed by atoms with Crippen molar-refractivity contribution in [3.05, 3.63) is 47.0 Å². The number of nitriles is 3. The van der Waals surface area contributed by atoms with Gasteiger partial charge in [0.2, 0.25) is 0 Å². The van der Waals surface area contributed by atoms with Crippen molar-refractivity contribution in [1.82, 2.24) is 0 Å². The minimum absolute atomic E-state index is 0.0653. The summed E-state index contributed by atoms with van der Waals surface area (Å²) >= 11 is 1.74. The second kappa shape index (κ2) is 6.16. The summed E-state index contributed by atoms with van der Waals surface area (Å²) in [5, 5.41) is 37.7. The smallest absolute Gasteiger partial charge is 0.189 e. The number of benzene rings is 1. The van der Waals surface area contributed by atoms with Crippen LogP contribution in [0.3, 0.4) is 0 Å². The summed E-state index contributed by atoms with van der Waals surface area (Å²) in [4.78, 5) is 0. The van der Waals surface area contributed by atoms with Gasteiger partial charge in [-0.25, -0.2) is 0 Å². The molecule has 0 spiro atoms. The molecule has 0 bridgehead atoms. The third-order valence-electron chi connectivity index (χ3n) is 5.00. The van der Waals surface area contributed by atoms with Crippen molar-refractivity contribution in [2.24, 2.45) is 17.3 Å². The van der Waals surface area contributed by atoms with Crippen LogP contribution in [-0.2, 0) is 0 Å². The van der Waals surface area contributed by atoms with Crippen LogP contribution in [0.1, 0.15) is 17.0 Å². The molecule has 118 valence electrons. The Kier molecular flexibility index (Phi) is 4.18. The van der Waals surface area contributed by atoms with Crippen molar-refractivity contribution in [3.8, 4) is 18.2 Å². The Morgan fingerprint density at radius 1 is 1.17 bits per heavy atom. The lowest BCUT2D eigenvalue weighted by atomic mass is 9.55. The Morgan fingerprint density at radius 3 is 2.42 bits per heavy atom. The zero-order valence-electron chi connectivity index (χ0n) is 13.3. The number of thioether (sulfide) groups is 1. The van der Waals surface area contributed by atoms with Crippen LogP contribution in [0.5, 0.6) is 0 Å². The normalized spacial score (nSPS) is 27.8. The monoisotopic (exact) mass is 332 g/mol. The SMILES string of the molecule is Cc1ccc([C@@H]2[C@@H]3CSCC=C3[C@@H](C#N)C(=N)C2(C#N)C#N)cc1. The van der Waals surface area contributed by atoms with Gasteiger partial charge in [-0.3, -0.25) is 0 Å². The lowest BCUT2D eigenvalue weighted by Gasteiger charge is -2.45. The van der Waals surface area contributed by atoms with E-state index in [1.165, 1.54) is 0 Å². The third-order valence-corrected chi connectivity index (χ3v) is 5.99. The molecule has 0 aromatic heterocycles. The van der Waals surface area contributed by atoms with E-state index in [9.17, 15) is 15.8 Å². The maximum absolute atomic E-state index is 9.85. The number of fused-ring (bicyclic) bond motifs is 1. The van der Waals surface area contributed by atoms with E-state index in [1.807, 2.05) is 37.3 Å². The zero-order valence-corrected chi connectivity index (χ0v) is 14.1. The van der Waals surface area contributed by atoms with Gasteiger partial charge >= 0.3 is 0 Å². The fourth-order valence-corrected chi connectivity index (χ4v) is 4.85. The molecule has 3 rings (SSSR count). The number of allylic oxidation sites excluding steroid dienone is 1. The van der Waals surface area contributed by atoms with Crippen molar-refractivity contribution >= 4 is 17.5 Å². The van der Waals surface area contributed by atoms with Crippen LogP contribution in [0.2, 0.25) is 0 Å². The standard InChI is InChI=1S/C19H16N4S/c1-12-2-4-13(5-3-12)17-16-9-24-7-6-14(16)15(8-20)18(23)19(17,10-21)11-22/h2-6,15-17,23H,7,9H2,1H3/t15-,16-,17-/m1/s1. The summed E-state index contributed by atoms with van der Waals surface area (Å²) in [7, 11) is 0. The Hall–Kier alpha value is -2.55. The van der Waals surface area contributed by atoms with E-state index in [4.69, 9.17) is 5.41 Å². The number of nitrogens with zero attached hydrogens (tertiary/aromatic N) is 3. The van der Waals surface area contributed by atoms with Gasteiger partial charge in [0.25, 0.3) is 0 Å². The quantitative estimate of drug-likeness (QED) is 0.795. The van der Waals surface area contributed by atoms with E-state index in [1.54, 1.807) is 11.8 Å². The summed E-state index contributed by atoms with van der Waals surface area (Å²) in [6.45, 7) is 1.99. The van der Waals surface area contributed by atoms with E-state index in [2.05, 4.69) is 18.2 Å². The molecule has 0 radical (unpaired) electrons. The first-order chi connectivity index (χ1) is 11.6. The summed E-state index contributed by atoms with van der Waals surface area (Å²) in [5.74, 6) is 0.330. The topological polar surface area (TPSA) is 95.2 Å². The van der Waals surface area contributed by atoms with Crippen molar-refractivity contribution in [2.75, 3.05) is 11.5 Å². The first-order valence-corrected chi connectivity index (χ1v) is 8.89. The number of rotatable bonds is 1. The summed E-state index contributed by atoms with van der Waals surface area (Å²) in [5.41, 5.74) is 1.24. The molecular formula is C19H16N4S. The predicted octanol–water partition coefficient (Wildman–Crippen LogP) is 3.57. The van der Waals surface area contributed by atoms with E-state index in [0.717, 1.165) is 28.2 Å². The molecule has 1 aromatic carbocycles. The number of aryl methyl sites for hydroxylation is 1. The molecule has 1 aliphatic carbocycles. The molecule has 1 heterocycles. The number of hydrogen-bond acceptors (Lipinski definition) is 5. The van der Waals surface area contributed by atoms with Gasteiger partial charge in [-0.05, 0) is 18.1 Å². The first-order valence-electron chi connectivity index (χ1n) is 7.74. The van der Waals surface area contributed by atoms with Crippen LogP contribution in [0.4, 0.5) is 0 Å². The minimum atomic E-state index is -1.59. The van der Waals surface area contributed by atoms with Crippen LogP contribution < -0.4 is 0 Å². The molecule has 5 heteroatoms. The molecule has 1 aliphatic heterocycles. The molecule has 1 aromatic rings. The van der Waals surface area contributed by atoms with Gasteiger partial charge in [0.15, 0.2) is 5.41 Å². The molecule has 0 saturated heterocycles. The minimum Gasteiger partial charge on any atom is -0.305 e. The Bertz CT molecular complexity index is 818. The van der Waals surface area contributed by atoms with Gasteiger partial charge in [0.05, 0.1) is 23.9 Å². The maximum atomic E-state index is 9.85. The van der Waals surface area contributed by atoms with Crippen molar-refractivity contribution in [1.29, 1.82) is 21.2 Å². The lowest BCUT2D eigenvalue weighted by Crippen LogP contribution is -2.49. The number of nitrogens with one attached hydrogen (secondary N) is 1. The summed E-state index contributed by atoms with van der Waals surface area (Å²) < 4.78 is 0. The Morgan fingerprint density at radius 2 is 1.83 bits per heavy atom. The molecular weight excluding hydrogens is 316 g/mol. The van der Waals surface area contributed by atoms with Gasteiger partial charge in [-0.15, -0.1) is 0 Å². The second-order valence-electron chi connectivity index (χ2n) is 6.24. The van der Waals surface area contributed by atoms with Gasteiger partial charge in [-0.2, -0.15) is 27.5 Å². The highest BCUT2D eigenvalue weighted by molar-refractivity contribution is 7.99. The van der Waals surface area contributed by atoms with Gasteiger partial charge in [-0.1, -0.05) is 35.9 Å². The van der Waals surface area contributed by atoms with Gasteiger partial charge < -0.3 is 5.41 Å². The van der Waals surface area contributed by atoms with Crippen molar-refractivity contribution in [2.45, 2.75) is 12.8 Å². The van der Waals surface area contributed by atoms with Gasteiger partial charge in [0.1, 0.15) is 5.92 Å². The molecule has 0 amide bonds. The molecule has 2 aliphatic rings. The largest absolute Gasteiger partial charge is 0.305 e. The van der Waals surface area contributed by atoms with E-state index in [-0.39, 0.29) is 11.6 Å². The molecule has 1 saturated carbocycles. The Balaban J connectivity index is 2.24. The molecule has 1 fully saturated rings. The molecule has 4 nitrogen and oxygen atoms in total. The molecule has 0 unspecified atom stereocenters. The average molecular weight is 332 g/mol. The van der Waals surface area contributed by atoms with Crippen LogP contribution in [0.15, 0.2) is 35.9 Å². The van der Waals surface area contributed by atoms with Crippen LogP contribution >= 0.6 is 11.8 Å². The molecule has 24 heavy (non-hydrogen) atoms. The second-order valence-corrected chi connectivity index (χ2v) is 7.32. The summed E-state index contributed by atoms with van der Waals surface area (Å²) in [6, 6.07) is 14.2. The average Bonchev–Trinajstić information content (AvgIpc) is 2.62. The third kappa shape index (κ3) is 2.23. The summed E-state index contributed by atoms with van der Waals surface area (Å²) in [6.07, 6.45) is 2.01. The lowest BCUT2D eigenvalue weighted by molar-refractivity contribution is 0.378. The zero-order chi connectivity index (χ0) is 17.3. The fourth-order valence-electron chi connectivity index (χ4n) is 3.76. The van der Waals surface area contributed by atoms with Crippen LogP contribution in [-0.4, -0.2) is 17.2 Å². The van der Waals surface area contributed by atoms with Crippen LogP contribution in [0.25, 0.3) is 0 Å². The number of hydrogen-bond donors (Lipinski definition) is 1. The van der Waals surface area contributed by atoms with E-state index < -0.39 is 17.3 Å². The van der Waals surface area contributed by atoms with Crippen molar-refractivity contribution in [3.63, 3.8) is 0 Å². The maximum Gasteiger partial charge on any atom is 0.189 e. The molecule has 1 N–H and O–H groups in total. The van der Waals surface area contributed by atoms with Crippen molar-refractivity contribution < 1.29 is 0 Å².